The van der Waals surface area contributed by atoms with Gasteiger partial charge < -0.3 is 10.2 Å². The second-order valence-electron chi connectivity index (χ2n) is 5.83. The Morgan fingerprint density at radius 1 is 1.43 bits per heavy atom. The summed E-state index contributed by atoms with van der Waals surface area (Å²) in [7, 11) is 1.82. The fourth-order valence-corrected chi connectivity index (χ4v) is 2.95. The van der Waals surface area contributed by atoms with Crippen LogP contribution in [0.25, 0.3) is 0 Å². The molecular weight excluding hydrogens is 264 g/mol. The van der Waals surface area contributed by atoms with Crippen molar-refractivity contribution in [1.82, 2.24) is 14.8 Å². The van der Waals surface area contributed by atoms with E-state index in [2.05, 4.69) is 36.0 Å². The summed E-state index contributed by atoms with van der Waals surface area (Å²) in [5, 5.41) is 2.96. The molecule has 5 heteroatoms. The highest BCUT2D eigenvalue weighted by Crippen LogP contribution is 2.18. The van der Waals surface area contributed by atoms with Crippen LogP contribution in [0.5, 0.6) is 0 Å². The van der Waals surface area contributed by atoms with E-state index in [1.54, 1.807) is 6.20 Å². The lowest BCUT2D eigenvalue weighted by atomic mass is 10.1. The standard InChI is InChI=1S/C16H26N4O/c1-5-14-11-19(8-9-20(14)12(2)3)16(21)13-6-7-15(17-4)18-10-13/h6-7,10,12,14H,5,8-9,11H2,1-4H3,(H,17,18)/t14-/m0/s1. The van der Waals surface area contributed by atoms with Gasteiger partial charge in [0.1, 0.15) is 5.82 Å². The monoisotopic (exact) mass is 290 g/mol. The molecule has 1 fully saturated rings. The first kappa shape index (κ1) is 15.8. The largest absolute Gasteiger partial charge is 0.373 e. The van der Waals surface area contributed by atoms with Crippen molar-refractivity contribution in [2.24, 2.45) is 0 Å². The number of carbonyl (C=O) groups excluding carboxylic acids is 1. The van der Waals surface area contributed by atoms with Gasteiger partial charge in [-0.25, -0.2) is 4.98 Å². The Labute approximate surface area is 127 Å². The number of piperazine rings is 1. The molecule has 0 aliphatic carbocycles. The van der Waals surface area contributed by atoms with Crippen molar-refractivity contribution in [1.29, 1.82) is 0 Å². The zero-order valence-electron chi connectivity index (χ0n) is 13.5. The van der Waals surface area contributed by atoms with E-state index in [0.717, 1.165) is 31.9 Å². The van der Waals surface area contributed by atoms with Gasteiger partial charge in [-0.3, -0.25) is 9.69 Å². The molecule has 1 aromatic rings. The SMILES string of the molecule is CC[C@H]1CN(C(=O)c2ccc(NC)nc2)CCN1C(C)C. The average Bonchev–Trinajstić information content (AvgIpc) is 2.53. The lowest BCUT2D eigenvalue weighted by Gasteiger charge is -2.43. The van der Waals surface area contributed by atoms with E-state index in [4.69, 9.17) is 0 Å². The third-order valence-electron chi connectivity index (χ3n) is 4.22. The van der Waals surface area contributed by atoms with Crippen molar-refractivity contribution in [3.63, 3.8) is 0 Å². The molecule has 1 atom stereocenters. The van der Waals surface area contributed by atoms with Crippen LogP contribution in [-0.2, 0) is 0 Å². The molecule has 1 N–H and O–H groups in total. The number of pyridine rings is 1. The number of amides is 1. The Balaban J connectivity index is 2.06. The first-order valence-corrected chi connectivity index (χ1v) is 7.75. The van der Waals surface area contributed by atoms with Gasteiger partial charge in [-0.15, -0.1) is 0 Å². The highest BCUT2D eigenvalue weighted by Gasteiger charge is 2.30. The highest BCUT2D eigenvalue weighted by atomic mass is 16.2. The smallest absolute Gasteiger partial charge is 0.255 e. The van der Waals surface area contributed by atoms with Gasteiger partial charge in [-0.05, 0) is 32.4 Å². The Morgan fingerprint density at radius 2 is 2.19 bits per heavy atom. The first-order valence-electron chi connectivity index (χ1n) is 7.75. The summed E-state index contributed by atoms with van der Waals surface area (Å²) in [6.07, 6.45) is 2.73. The minimum atomic E-state index is 0.0898. The zero-order chi connectivity index (χ0) is 15.4. The van der Waals surface area contributed by atoms with Crippen LogP contribution in [-0.4, -0.2) is 59.5 Å². The summed E-state index contributed by atoms with van der Waals surface area (Å²) < 4.78 is 0. The van der Waals surface area contributed by atoms with Crippen LogP contribution in [0.2, 0.25) is 0 Å². The van der Waals surface area contributed by atoms with E-state index >= 15 is 0 Å². The van der Waals surface area contributed by atoms with E-state index in [-0.39, 0.29) is 5.91 Å². The molecule has 0 aromatic carbocycles. The van der Waals surface area contributed by atoms with Crippen LogP contribution in [0.4, 0.5) is 5.82 Å². The van der Waals surface area contributed by atoms with E-state index < -0.39 is 0 Å². The van der Waals surface area contributed by atoms with Gasteiger partial charge in [0.2, 0.25) is 0 Å². The van der Waals surface area contributed by atoms with Crippen LogP contribution in [0.3, 0.4) is 0 Å². The van der Waals surface area contributed by atoms with Crippen molar-refractivity contribution in [2.75, 3.05) is 32.0 Å². The summed E-state index contributed by atoms with van der Waals surface area (Å²) in [6, 6.07) is 4.67. The molecule has 1 saturated heterocycles. The van der Waals surface area contributed by atoms with Crippen LogP contribution < -0.4 is 5.32 Å². The molecule has 1 amide bonds. The summed E-state index contributed by atoms with van der Waals surface area (Å²) in [5.41, 5.74) is 0.668. The number of anilines is 1. The predicted molar refractivity (Wildman–Crippen MR) is 85.6 cm³/mol. The van der Waals surface area contributed by atoms with Crippen LogP contribution in [0.15, 0.2) is 18.3 Å². The van der Waals surface area contributed by atoms with Gasteiger partial charge in [-0.2, -0.15) is 0 Å². The molecule has 0 spiro atoms. The van der Waals surface area contributed by atoms with Crippen LogP contribution in [0.1, 0.15) is 37.6 Å². The maximum Gasteiger partial charge on any atom is 0.255 e. The van der Waals surface area contributed by atoms with Crippen molar-refractivity contribution in [2.45, 2.75) is 39.3 Å². The number of hydrogen-bond donors (Lipinski definition) is 1. The number of carbonyl (C=O) groups is 1. The number of nitrogens with one attached hydrogen (secondary N) is 1. The molecule has 0 radical (unpaired) electrons. The van der Waals surface area contributed by atoms with Gasteiger partial charge >= 0.3 is 0 Å². The summed E-state index contributed by atoms with van der Waals surface area (Å²) in [4.78, 5) is 21.3. The summed E-state index contributed by atoms with van der Waals surface area (Å²) in [5.74, 6) is 0.870. The van der Waals surface area contributed by atoms with Crippen molar-refractivity contribution >= 4 is 11.7 Å². The number of hydrogen-bond acceptors (Lipinski definition) is 4. The Kier molecular flexibility index (Phi) is 5.17. The minimum absolute atomic E-state index is 0.0898. The molecule has 1 aliphatic rings. The fraction of sp³-hybridized carbons (Fsp3) is 0.625. The van der Waals surface area contributed by atoms with Gasteiger partial charge in [0.05, 0.1) is 5.56 Å². The second kappa shape index (κ2) is 6.89. The lowest BCUT2D eigenvalue weighted by molar-refractivity contribution is 0.0371. The van der Waals surface area contributed by atoms with Gasteiger partial charge in [0.25, 0.3) is 5.91 Å². The normalized spacial score (nSPS) is 19.9. The van der Waals surface area contributed by atoms with E-state index in [1.807, 2.05) is 24.1 Å². The molecule has 0 saturated carbocycles. The molecule has 0 bridgehead atoms. The number of nitrogens with zero attached hydrogens (tertiary/aromatic N) is 3. The van der Waals surface area contributed by atoms with E-state index in [0.29, 0.717) is 17.6 Å². The third-order valence-corrected chi connectivity index (χ3v) is 4.22. The molecule has 116 valence electrons. The second-order valence-corrected chi connectivity index (χ2v) is 5.83. The number of aromatic nitrogens is 1. The molecule has 2 heterocycles. The van der Waals surface area contributed by atoms with Crippen molar-refractivity contribution in [3.05, 3.63) is 23.9 Å². The van der Waals surface area contributed by atoms with E-state index in [1.165, 1.54) is 0 Å². The predicted octanol–water partition coefficient (Wildman–Crippen LogP) is 2.07. The van der Waals surface area contributed by atoms with Crippen LogP contribution in [0, 0.1) is 0 Å². The summed E-state index contributed by atoms with van der Waals surface area (Å²) in [6.45, 7) is 9.19. The number of rotatable bonds is 4. The molecule has 0 unspecified atom stereocenters. The zero-order valence-corrected chi connectivity index (χ0v) is 13.5. The molecule has 21 heavy (non-hydrogen) atoms. The molecular formula is C16H26N4O. The molecule has 1 aromatic heterocycles. The topological polar surface area (TPSA) is 48.5 Å². The Morgan fingerprint density at radius 3 is 2.71 bits per heavy atom. The maximum atomic E-state index is 12.6. The van der Waals surface area contributed by atoms with Crippen molar-refractivity contribution < 1.29 is 4.79 Å². The molecule has 2 rings (SSSR count). The maximum absolute atomic E-state index is 12.6. The van der Waals surface area contributed by atoms with E-state index in [9.17, 15) is 4.79 Å². The van der Waals surface area contributed by atoms with Crippen molar-refractivity contribution in [3.8, 4) is 0 Å². The van der Waals surface area contributed by atoms with Gasteiger partial charge in [0, 0.05) is 45.0 Å². The lowest BCUT2D eigenvalue weighted by Crippen LogP contribution is -2.56. The fourth-order valence-electron chi connectivity index (χ4n) is 2.95. The molecule has 5 nitrogen and oxygen atoms in total. The quantitative estimate of drug-likeness (QED) is 0.922. The van der Waals surface area contributed by atoms with Crippen LogP contribution >= 0.6 is 0 Å². The highest BCUT2D eigenvalue weighted by molar-refractivity contribution is 5.94. The third kappa shape index (κ3) is 3.53. The Hall–Kier alpha value is -1.62. The Bertz CT molecular complexity index is 472. The first-order chi connectivity index (χ1) is 10.1. The van der Waals surface area contributed by atoms with Gasteiger partial charge in [-0.1, -0.05) is 6.92 Å². The molecule has 1 aliphatic heterocycles. The summed E-state index contributed by atoms with van der Waals surface area (Å²) >= 11 is 0. The van der Waals surface area contributed by atoms with Gasteiger partial charge in [0.15, 0.2) is 0 Å². The minimum Gasteiger partial charge on any atom is -0.373 e. The average molecular weight is 290 g/mol.